The van der Waals surface area contributed by atoms with Gasteiger partial charge in [0.1, 0.15) is 5.75 Å². The number of ether oxygens (including phenoxy) is 1. The highest BCUT2D eigenvalue weighted by Crippen LogP contribution is 2.29. The second kappa shape index (κ2) is 7.14. The molecule has 0 spiro atoms. The number of nitrogens with two attached hydrogens (primary N) is 1. The topological polar surface area (TPSA) is 64.4 Å². The minimum Gasteiger partial charge on any atom is -0.496 e. The molecule has 1 aromatic carbocycles. The summed E-state index contributed by atoms with van der Waals surface area (Å²) < 4.78 is 5.36. The number of nitrogens with one attached hydrogen (secondary N) is 1. The summed E-state index contributed by atoms with van der Waals surface area (Å²) in [7, 11) is 1.64. The van der Waals surface area contributed by atoms with Crippen LogP contribution in [-0.2, 0) is 4.79 Å². The van der Waals surface area contributed by atoms with E-state index in [-0.39, 0.29) is 11.8 Å². The van der Waals surface area contributed by atoms with Crippen LogP contribution in [0.1, 0.15) is 30.9 Å². The number of aryl methyl sites for hydroxylation is 1. The minimum absolute atomic E-state index is 0.0154. The lowest BCUT2D eigenvalue weighted by molar-refractivity contribution is -0.119. The number of hydrogen-bond donors (Lipinski definition) is 2. The van der Waals surface area contributed by atoms with Gasteiger partial charge in [-0.25, -0.2) is 0 Å². The standard InChI is InChI=1S/C15H24N2O2/c1-5-6-12(9-16)15(18)17-13-8-7-10(2)14(19-4)11(13)3/h7-8,12H,5-6,9,16H2,1-4H3,(H,17,18). The van der Waals surface area contributed by atoms with Crippen molar-refractivity contribution >= 4 is 11.6 Å². The van der Waals surface area contributed by atoms with Crippen LogP contribution < -0.4 is 15.8 Å². The number of methoxy groups -OCH3 is 1. The summed E-state index contributed by atoms with van der Waals surface area (Å²) in [5, 5.41) is 2.95. The zero-order valence-electron chi connectivity index (χ0n) is 12.2. The van der Waals surface area contributed by atoms with Crippen molar-refractivity contribution in [1.29, 1.82) is 0 Å². The van der Waals surface area contributed by atoms with E-state index in [1.54, 1.807) is 7.11 Å². The Labute approximate surface area is 115 Å². The summed E-state index contributed by atoms with van der Waals surface area (Å²) in [4.78, 5) is 12.1. The molecule has 1 atom stereocenters. The molecule has 0 fully saturated rings. The monoisotopic (exact) mass is 264 g/mol. The van der Waals surface area contributed by atoms with Gasteiger partial charge >= 0.3 is 0 Å². The summed E-state index contributed by atoms with van der Waals surface area (Å²) in [6.07, 6.45) is 1.76. The van der Waals surface area contributed by atoms with Gasteiger partial charge in [0.25, 0.3) is 0 Å². The fourth-order valence-electron chi connectivity index (χ4n) is 2.22. The molecule has 1 amide bonds. The van der Waals surface area contributed by atoms with E-state index in [1.165, 1.54) is 0 Å². The zero-order valence-corrected chi connectivity index (χ0v) is 12.2. The van der Waals surface area contributed by atoms with Gasteiger partial charge in [-0.2, -0.15) is 0 Å². The quantitative estimate of drug-likeness (QED) is 0.830. The van der Waals surface area contributed by atoms with Crippen molar-refractivity contribution in [2.24, 2.45) is 11.7 Å². The maximum Gasteiger partial charge on any atom is 0.228 e. The Bertz CT molecular complexity index is 444. The highest BCUT2D eigenvalue weighted by molar-refractivity contribution is 5.93. The molecule has 19 heavy (non-hydrogen) atoms. The molecular weight excluding hydrogens is 240 g/mol. The molecule has 0 saturated heterocycles. The molecular formula is C15H24N2O2. The molecule has 1 aromatic rings. The Morgan fingerprint density at radius 1 is 1.42 bits per heavy atom. The first-order valence-corrected chi connectivity index (χ1v) is 6.70. The molecule has 0 aliphatic carbocycles. The first-order valence-electron chi connectivity index (χ1n) is 6.70. The van der Waals surface area contributed by atoms with Crippen molar-refractivity contribution < 1.29 is 9.53 Å². The lowest BCUT2D eigenvalue weighted by Crippen LogP contribution is -2.29. The number of carbonyl (C=O) groups excluding carboxylic acids is 1. The SMILES string of the molecule is CCCC(CN)C(=O)Nc1ccc(C)c(OC)c1C. The number of rotatable bonds is 6. The van der Waals surface area contributed by atoms with Gasteiger partial charge < -0.3 is 15.8 Å². The van der Waals surface area contributed by atoms with Gasteiger partial charge in [0.2, 0.25) is 5.91 Å². The smallest absolute Gasteiger partial charge is 0.228 e. The van der Waals surface area contributed by atoms with Gasteiger partial charge in [-0.15, -0.1) is 0 Å². The molecule has 0 radical (unpaired) electrons. The van der Waals surface area contributed by atoms with Crippen LogP contribution in [0.2, 0.25) is 0 Å². The van der Waals surface area contributed by atoms with E-state index >= 15 is 0 Å². The van der Waals surface area contributed by atoms with Crippen molar-refractivity contribution in [1.82, 2.24) is 0 Å². The molecule has 0 aliphatic heterocycles. The second-order valence-electron chi connectivity index (χ2n) is 4.80. The molecule has 0 saturated carbocycles. The van der Waals surface area contributed by atoms with Gasteiger partial charge in [-0.05, 0) is 31.9 Å². The van der Waals surface area contributed by atoms with Crippen LogP contribution in [0.3, 0.4) is 0 Å². The number of carbonyl (C=O) groups is 1. The number of hydrogen-bond acceptors (Lipinski definition) is 3. The number of anilines is 1. The van der Waals surface area contributed by atoms with E-state index in [2.05, 4.69) is 12.2 Å². The van der Waals surface area contributed by atoms with Crippen LogP contribution in [0.25, 0.3) is 0 Å². The van der Waals surface area contributed by atoms with E-state index in [9.17, 15) is 4.79 Å². The summed E-state index contributed by atoms with van der Waals surface area (Å²) >= 11 is 0. The Balaban J connectivity index is 2.91. The van der Waals surface area contributed by atoms with Crippen molar-refractivity contribution in [2.45, 2.75) is 33.6 Å². The van der Waals surface area contributed by atoms with Crippen molar-refractivity contribution in [3.05, 3.63) is 23.3 Å². The average molecular weight is 264 g/mol. The summed E-state index contributed by atoms with van der Waals surface area (Å²) in [5.74, 6) is 0.674. The van der Waals surface area contributed by atoms with Crippen LogP contribution >= 0.6 is 0 Å². The fourth-order valence-corrected chi connectivity index (χ4v) is 2.22. The van der Waals surface area contributed by atoms with Gasteiger partial charge in [-0.3, -0.25) is 4.79 Å². The van der Waals surface area contributed by atoms with Crippen LogP contribution in [0.15, 0.2) is 12.1 Å². The summed E-state index contributed by atoms with van der Waals surface area (Å²) in [5.41, 5.74) is 8.44. The maximum atomic E-state index is 12.1. The third-order valence-electron chi connectivity index (χ3n) is 3.36. The largest absolute Gasteiger partial charge is 0.496 e. The van der Waals surface area contributed by atoms with Gasteiger partial charge in [0.05, 0.1) is 13.0 Å². The van der Waals surface area contributed by atoms with Crippen molar-refractivity contribution in [3.63, 3.8) is 0 Å². The van der Waals surface area contributed by atoms with Gasteiger partial charge in [-0.1, -0.05) is 19.4 Å². The van der Waals surface area contributed by atoms with Crippen LogP contribution in [0.5, 0.6) is 5.75 Å². The average Bonchev–Trinajstić information content (AvgIpc) is 2.39. The fraction of sp³-hybridized carbons (Fsp3) is 0.533. The Kier molecular flexibility index (Phi) is 5.83. The molecule has 3 N–H and O–H groups in total. The van der Waals surface area contributed by atoms with E-state index in [0.29, 0.717) is 6.54 Å². The normalized spacial score (nSPS) is 12.1. The Morgan fingerprint density at radius 3 is 2.63 bits per heavy atom. The Hall–Kier alpha value is -1.55. The minimum atomic E-state index is -0.128. The molecule has 1 rings (SSSR count). The third-order valence-corrected chi connectivity index (χ3v) is 3.36. The molecule has 1 unspecified atom stereocenters. The van der Waals surface area contributed by atoms with Gasteiger partial charge in [0.15, 0.2) is 0 Å². The molecule has 4 heteroatoms. The predicted octanol–water partition coefficient (Wildman–Crippen LogP) is 2.63. The highest BCUT2D eigenvalue weighted by atomic mass is 16.5. The zero-order chi connectivity index (χ0) is 14.4. The van der Waals surface area contributed by atoms with E-state index < -0.39 is 0 Å². The third kappa shape index (κ3) is 3.70. The van der Waals surface area contributed by atoms with E-state index in [0.717, 1.165) is 35.4 Å². The molecule has 106 valence electrons. The number of amides is 1. The Morgan fingerprint density at radius 2 is 2.11 bits per heavy atom. The van der Waals surface area contributed by atoms with Crippen LogP contribution in [0, 0.1) is 19.8 Å². The summed E-state index contributed by atoms with van der Waals surface area (Å²) in [6, 6.07) is 3.85. The van der Waals surface area contributed by atoms with E-state index in [1.807, 2.05) is 26.0 Å². The maximum absolute atomic E-state index is 12.1. The summed E-state index contributed by atoms with van der Waals surface area (Å²) in [6.45, 7) is 6.35. The molecule has 0 bridgehead atoms. The van der Waals surface area contributed by atoms with E-state index in [4.69, 9.17) is 10.5 Å². The first kappa shape index (κ1) is 15.5. The lowest BCUT2D eigenvalue weighted by Gasteiger charge is -2.17. The molecule has 0 heterocycles. The number of benzene rings is 1. The van der Waals surface area contributed by atoms with Crippen molar-refractivity contribution in [3.8, 4) is 5.75 Å². The molecule has 0 aromatic heterocycles. The predicted molar refractivity (Wildman–Crippen MR) is 78.6 cm³/mol. The lowest BCUT2D eigenvalue weighted by atomic mass is 10.0. The first-order chi connectivity index (χ1) is 9.04. The van der Waals surface area contributed by atoms with Crippen molar-refractivity contribution in [2.75, 3.05) is 19.0 Å². The second-order valence-corrected chi connectivity index (χ2v) is 4.80. The molecule has 4 nitrogen and oxygen atoms in total. The van der Waals surface area contributed by atoms with Crippen LogP contribution in [-0.4, -0.2) is 19.6 Å². The molecule has 0 aliphatic rings. The van der Waals surface area contributed by atoms with Crippen LogP contribution in [0.4, 0.5) is 5.69 Å². The van der Waals surface area contributed by atoms with Gasteiger partial charge in [0, 0.05) is 17.8 Å². The highest BCUT2D eigenvalue weighted by Gasteiger charge is 2.17.